The second-order valence-electron chi connectivity index (χ2n) is 5.23. The Morgan fingerprint density at radius 3 is 3.17 bits per heavy atom. The fraction of sp³-hybridized carbons (Fsp3) is 0.533. The second kappa shape index (κ2) is 5.31. The summed E-state index contributed by atoms with van der Waals surface area (Å²) >= 11 is 6.12. The van der Waals surface area contributed by atoms with E-state index < -0.39 is 0 Å². The van der Waals surface area contributed by atoms with E-state index >= 15 is 0 Å². The summed E-state index contributed by atoms with van der Waals surface area (Å²) in [5, 5.41) is 4.26. The minimum absolute atomic E-state index is 0.630. The smallest absolute Gasteiger partial charge is 0.0970 e. The van der Waals surface area contributed by atoms with Crippen LogP contribution in [0.15, 0.2) is 39.4 Å². The van der Waals surface area contributed by atoms with Crippen molar-refractivity contribution < 1.29 is 0 Å². The average molecular weight is 263 g/mol. The van der Waals surface area contributed by atoms with E-state index in [2.05, 4.69) is 22.5 Å². The number of hydrogen-bond acceptors (Lipinski definition) is 2. The molecule has 0 aromatic rings. The van der Waals surface area contributed by atoms with Crippen LogP contribution in [0.1, 0.15) is 32.1 Å². The van der Waals surface area contributed by atoms with Gasteiger partial charge >= 0.3 is 0 Å². The first-order chi connectivity index (χ1) is 8.83. The molecule has 0 bridgehead atoms. The molecule has 0 fully saturated rings. The molecule has 1 N–H and O–H groups in total. The van der Waals surface area contributed by atoms with Crippen LogP contribution in [-0.4, -0.2) is 18.9 Å². The van der Waals surface area contributed by atoms with Gasteiger partial charge in [0.15, 0.2) is 0 Å². The van der Waals surface area contributed by atoms with Crippen LogP contribution in [0.4, 0.5) is 0 Å². The molecule has 1 unspecified atom stereocenters. The molecule has 0 amide bonds. The lowest BCUT2D eigenvalue weighted by Gasteiger charge is -2.26. The first-order valence-corrected chi connectivity index (χ1v) is 7.23. The Morgan fingerprint density at radius 2 is 2.33 bits per heavy atom. The normalized spacial score (nSPS) is 27.3. The molecule has 1 heterocycles. The van der Waals surface area contributed by atoms with Crippen molar-refractivity contribution in [1.82, 2.24) is 5.32 Å². The molecule has 18 heavy (non-hydrogen) atoms. The summed E-state index contributed by atoms with van der Waals surface area (Å²) in [4.78, 5) is 4.53. The lowest BCUT2D eigenvalue weighted by Crippen LogP contribution is -2.23. The zero-order valence-electron chi connectivity index (χ0n) is 10.6. The van der Waals surface area contributed by atoms with E-state index in [0.717, 1.165) is 31.0 Å². The Kier molecular flexibility index (Phi) is 3.55. The fourth-order valence-corrected chi connectivity index (χ4v) is 3.25. The molecule has 0 saturated carbocycles. The van der Waals surface area contributed by atoms with Crippen LogP contribution in [0.2, 0.25) is 0 Å². The van der Waals surface area contributed by atoms with Gasteiger partial charge in [0.1, 0.15) is 0 Å². The van der Waals surface area contributed by atoms with E-state index in [9.17, 15) is 0 Å². The molecule has 0 aromatic heterocycles. The van der Waals surface area contributed by atoms with Crippen molar-refractivity contribution in [2.24, 2.45) is 10.9 Å². The summed E-state index contributed by atoms with van der Waals surface area (Å²) in [6.07, 6.45) is 12.3. The molecule has 3 heteroatoms. The summed E-state index contributed by atoms with van der Waals surface area (Å²) in [5.74, 6) is 1.83. The van der Waals surface area contributed by atoms with Crippen molar-refractivity contribution in [3.63, 3.8) is 0 Å². The highest BCUT2D eigenvalue weighted by Gasteiger charge is 2.24. The van der Waals surface area contributed by atoms with Crippen molar-refractivity contribution in [2.75, 3.05) is 13.1 Å². The number of allylic oxidation sites excluding steroid dienone is 6. The van der Waals surface area contributed by atoms with Crippen molar-refractivity contribution >= 4 is 17.4 Å². The van der Waals surface area contributed by atoms with E-state index in [0.29, 0.717) is 5.92 Å². The van der Waals surface area contributed by atoms with Gasteiger partial charge in [-0.05, 0) is 43.3 Å². The standard InChI is InChI=1S/C15H19ClN2/c16-13-5-4-11-2-1-3-12(14(11)7-6-13)10-15-17-8-9-18-15/h5-7,12H,1-4,8-10H2,(H,17,18). The third-order valence-electron chi connectivity index (χ3n) is 4.03. The van der Waals surface area contributed by atoms with Crippen LogP contribution in [0.5, 0.6) is 0 Å². The summed E-state index contributed by atoms with van der Waals surface area (Å²) in [6, 6.07) is 0. The molecule has 2 nitrogen and oxygen atoms in total. The topological polar surface area (TPSA) is 24.4 Å². The van der Waals surface area contributed by atoms with Crippen molar-refractivity contribution in [2.45, 2.75) is 32.1 Å². The number of rotatable bonds is 2. The minimum Gasteiger partial charge on any atom is -0.372 e. The van der Waals surface area contributed by atoms with Crippen molar-refractivity contribution in [1.29, 1.82) is 0 Å². The SMILES string of the molecule is ClC1=CCC2=C(C=C1)C(CC1=NCCN1)CCC2. The Morgan fingerprint density at radius 1 is 1.39 bits per heavy atom. The summed E-state index contributed by atoms with van der Waals surface area (Å²) in [6.45, 7) is 1.95. The number of nitrogens with one attached hydrogen (secondary N) is 1. The quantitative estimate of drug-likeness (QED) is 0.809. The largest absolute Gasteiger partial charge is 0.372 e. The maximum Gasteiger partial charge on any atom is 0.0970 e. The van der Waals surface area contributed by atoms with Crippen molar-refractivity contribution in [3.8, 4) is 0 Å². The van der Waals surface area contributed by atoms with Gasteiger partial charge in [-0.3, -0.25) is 4.99 Å². The molecular formula is C15H19ClN2. The maximum atomic E-state index is 6.12. The highest BCUT2D eigenvalue weighted by Crippen LogP contribution is 2.37. The summed E-state index contributed by atoms with van der Waals surface area (Å²) in [7, 11) is 0. The van der Waals surface area contributed by atoms with Gasteiger partial charge in [0.25, 0.3) is 0 Å². The summed E-state index contributed by atoms with van der Waals surface area (Å²) in [5.41, 5.74) is 3.10. The highest BCUT2D eigenvalue weighted by atomic mass is 35.5. The molecular weight excluding hydrogens is 244 g/mol. The van der Waals surface area contributed by atoms with E-state index in [-0.39, 0.29) is 0 Å². The lowest BCUT2D eigenvalue weighted by atomic mass is 9.80. The Balaban J connectivity index is 1.80. The van der Waals surface area contributed by atoms with Crippen LogP contribution >= 0.6 is 11.6 Å². The Hall–Kier alpha value is -1.02. The third-order valence-corrected chi connectivity index (χ3v) is 4.31. The second-order valence-corrected chi connectivity index (χ2v) is 5.67. The van der Waals surface area contributed by atoms with Gasteiger partial charge in [-0.1, -0.05) is 29.3 Å². The number of aliphatic imine (C=N–C) groups is 1. The van der Waals surface area contributed by atoms with E-state index in [1.807, 2.05) is 6.08 Å². The molecule has 0 spiro atoms. The third kappa shape index (κ3) is 2.54. The van der Waals surface area contributed by atoms with E-state index in [1.54, 1.807) is 5.57 Å². The molecule has 0 aromatic carbocycles. The molecule has 2 aliphatic carbocycles. The van der Waals surface area contributed by atoms with Gasteiger partial charge in [0, 0.05) is 18.0 Å². The maximum absolute atomic E-state index is 6.12. The lowest BCUT2D eigenvalue weighted by molar-refractivity contribution is 0.516. The van der Waals surface area contributed by atoms with E-state index in [4.69, 9.17) is 11.6 Å². The molecule has 0 saturated heterocycles. The van der Waals surface area contributed by atoms with Crippen LogP contribution < -0.4 is 5.32 Å². The number of hydrogen-bond donors (Lipinski definition) is 1. The first-order valence-electron chi connectivity index (χ1n) is 6.86. The van der Waals surface area contributed by atoms with Gasteiger partial charge in [-0.2, -0.15) is 0 Å². The number of halogens is 1. The van der Waals surface area contributed by atoms with Gasteiger partial charge in [0.2, 0.25) is 0 Å². The van der Waals surface area contributed by atoms with Crippen LogP contribution in [-0.2, 0) is 0 Å². The molecule has 96 valence electrons. The van der Waals surface area contributed by atoms with Gasteiger partial charge in [-0.15, -0.1) is 0 Å². The minimum atomic E-state index is 0.630. The number of amidine groups is 1. The molecule has 3 aliphatic rings. The van der Waals surface area contributed by atoms with Crippen LogP contribution in [0, 0.1) is 5.92 Å². The predicted octanol–water partition coefficient (Wildman–Crippen LogP) is 3.56. The summed E-state index contributed by atoms with van der Waals surface area (Å²) < 4.78 is 0. The molecule has 1 aliphatic heterocycles. The first kappa shape index (κ1) is 12.0. The predicted molar refractivity (Wildman–Crippen MR) is 77.0 cm³/mol. The van der Waals surface area contributed by atoms with E-state index in [1.165, 1.54) is 30.7 Å². The monoisotopic (exact) mass is 262 g/mol. The van der Waals surface area contributed by atoms with Gasteiger partial charge in [-0.25, -0.2) is 0 Å². The Bertz CT molecular complexity index is 457. The van der Waals surface area contributed by atoms with Gasteiger partial charge < -0.3 is 5.32 Å². The molecule has 0 radical (unpaired) electrons. The average Bonchev–Trinajstić information content (AvgIpc) is 2.80. The van der Waals surface area contributed by atoms with Crippen LogP contribution in [0.25, 0.3) is 0 Å². The zero-order chi connectivity index (χ0) is 12.4. The number of nitrogens with zero attached hydrogens (tertiary/aromatic N) is 1. The highest BCUT2D eigenvalue weighted by molar-refractivity contribution is 6.31. The zero-order valence-corrected chi connectivity index (χ0v) is 11.3. The Labute approximate surface area is 114 Å². The van der Waals surface area contributed by atoms with Gasteiger partial charge in [0.05, 0.1) is 12.4 Å². The van der Waals surface area contributed by atoms with Crippen molar-refractivity contribution in [3.05, 3.63) is 34.4 Å². The molecule has 1 atom stereocenters. The fourth-order valence-electron chi connectivity index (χ4n) is 3.11. The van der Waals surface area contributed by atoms with Crippen LogP contribution in [0.3, 0.4) is 0 Å². The molecule has 3 rings (SSSR count).